The average molecular weight is 265 g/mol. The lowest BCUT2D eigenvalue weighted by molar-refractivity contribution is -0.139. The molecule has 1 saturated carbocycles. The summed E-state index contributed by atoms with van der Waals surface area (Å²) >= 11 is 0. The molecule has 104 valence electrons. The SMILES string of the molecule is CN1CC(NC2CC(=O)N(C3CC3)C2=O)CCC1=O. The number of nitrogens with zero attached hydrogens (tertiary/aromatic N) is 2. The van der Waals surface area contributed by atoms with Crippen LogP contribution in [-0.2, 0) is 14.4 Å². The minimum absolute atomic E-state index is 0.0507. The molecule has 2 atom stereocenters. The summed E-state index contributed by atoms with van der Waals surface area (Å²) in [5.41, 5.74) is 0. The summed E-state index contributed by atoms with van der Waals surface area (Å²) in [6, 6.07) is -0.120. The Bertz CT molecular complexity index is 433. The number of rotatable bonds is 3. The molecular formula is C13H19N3O3. The van der Waals surface area contributed by atoms with Crippen LogP contribution >= 0.6 is 0 Å². The molecule has 19 heavy (non-hydrogen) atoms. The number of hydrogen-bond donors (Lipinski definition) is 1. The number of piperidine rings is 1. The zero-order valence-electron chi connectivity index (χ0n) is 11.1. The summed E-state index contributed by atoms with van der Waals surface area (Å²) < 4.78 is 0. The summed E-state index contributed by atoms with van der Waals surface area (Å²) in [6.07, 6.45) is 3.42. The predicted octanol–water partition coefficient (Wildman–Crippen LogP) is -0.513. The van der Waals surface area contributed by atoms with E-state index in [-0.39, 0.29) is 42.3 Å². The standard InChI is InChI=1S/C13H19N3O3/c1-15-7-8(2-5-11(15)17)14-10-6-12(18)16(13(10)19)9-3-4-9/h8-10,14H,2-7H2,1H3. The average Bonchev–Trinajstić information content (AvgIpc) is 3.13. The highest BCUT2D eigenvalue weighted by Gasteiger charge is 2.46. The van der Waals surface area contributed by atoms with Crippen molar-refractivity contribution >= 4 is 17.7 Å². The zero-order valence-corrected chi connectivity index (χ0v) is 11.1. The van der Waals surface area contributed by atoms with E-state index in [9.17, 15) is 14.4 Å². The number of hydrogen-bond acceptors (Lipinski definition) is 4. The van der Waals surface area contributed by atoms with Crippen LogP contribution in [0.2, 0.25) is 0 Å². The van der Waals surface area contributed by atoms with E-state index >= 15 is 0 Å². The lowest BCUT2D eigenvalue weighted by Crippen LogP contribution is -2.51. The Morgan fingerprint density at radius 3 is 2.47 bits per heavy atom. The summed E-state index contributed by atoms with van der Waals surface area (Å²) in [6.45, 7) is 0.611. The van der Waals surface area contributed by atoms with Gasteiger partial charge in [-0.25, -0.2) is 0 Å². The molecule has 0 bridgehead atoms. The molecule has 0 aromatic heterocycles. The van der Waals surface area contributed by atoms with Gasteiger partial charge in [0.05, 0.1) is 12.5 Å². The topological polar surface area (TPSA) is 69.7 Å². The number of carbonyl (C=O) groups is 3. The van der Waals surface area contributed by atoms with Gasteiger partial charge < -0.3 is 10.2 Å². The summed E-state index contributed by atoms with van der Waals surface area (Å²) in [5, 5.41) is 3.26. The van der Waals surface area contributed by atoms with Gasteiger partial charge in [-0.15, -0.1) is 0 Å². The van der Waals surface area contributed by atoms with E-state index in [0.717, 1.165) is 19.3 Å². The molecule has 0 aromatic rings. The third-order valence-electron chi connectivity index (χ3n) is 4.16. The Kier molecular flexibility index (Phi) is 3.05. The number of nitrogens with one attached hydrogen (secondary N) is 1. The van der Waals surface area contributed by atoms with Crippen LogP contribution in [0.25, 0.3) is 0 Å². The molecule has 2 saturated heterocycles. The molecule has 2 unspecified atom stereocenters. The highest BCUT2D eigenvalue weighted by molar-refractivity contribution is 6.06. The first kappa shape index (κ1) is 12.6. The van der Waals surface area contributed by atoms with Gasteiger partial charge in [-0.1, -0.05) is 0 Å². The van der Waals surface area contributed by atoms with Crippen molar-refractivity contribution < 1.29 is 14.4 Å². The Balaban J connectivity index is 1.60. The minimum atomic E-state index is -0.389. The van der Waals surface area contributed by atoms with E-state index in [2.05, 4.69) is 5.32 Å². The van der Waals surface area contributed by atoms with Crippen LogP contribution < -0.4 is 5.32 Å². The first-order chi connectivity index (χ1) is 9.06. The van der Waals surface area contributed by atoms with Crippen molar-refractivity contribution in [3.63, 3.8) is 0 Å². The van der Waals surface area contributed by atoms with Gasteiger partial charge in [0.25, 0.3) is 0 Å². The van der Waals surface area contributed by atoms with Gasteiger partial charge in [-0.05, 0) is 19.3 Å². The molecule has 1 N–H and O–H groups in total. The maximum Gasteiger partial charge on any atom is 0.247 e. The molecule has 2 aliphatic heterocycles. The largest absolute Gasteiger partial charge is 0.344 e. The van der Waals surface area contributed by atoms with E-state index in [1.807, 2.05) is 0 Å². The minimum Gasteiger partial charge on any atom is -0.344 e. The third-order valence-corrected chi connectivity index (χ3v) is 4.16. The molecule has 2 heterocycles. The van der Waals surface area contributed by atoms with Crippen molar-refractivity contribution in [1.82, 2.24) is 15.1 Å². The number of likely N-dealkylation sites (N-methyl/N-ethyl adjacent to an activating group) is 1. The number of likely N-dealkylation sites (tertiary alicyclic amines) is 2. The van der Waals surface area contributed by atoms with Crippen molar-refractivity contribution in [3.05, 3.63) is 0 Å². The Morgan fingerprint density at radius 1 is 1.11 bits per heavy atom. The molecule has 3 rings (SSSR count). The van der Waals surface area contributed by atoms with Gasteiger partial charge >= 0.3 is 0 Å². The molecule has 3 amide bonds. The van der Waals surface area contributed by atoms with Gasteiger partial charge in [0.2, 0.25) is 17.7 Å². The quantitative estimate of drug-likeness (QED) is 0.698. The second kappa shape index (κ2) is 4.59. The Morgan fingerprint density at radius 2 is 1.84 bits per heavy atom. The molecule has 6 heteroatoms. The smallest absolute Gasteiger partial charge is 0.247 e. The van der Waals surface area contributed by atoms with E-state index in [1.54, 1.807) is 11.9 Å². The van der Waals surface area contributed by atoms with Crippen molar-refractivity contribution in [2.24, 2.45) is 0 Å². The monoisotopic (exact) mass is 265 g/mol. The van der Waals surface area contributed by atoms with Gasteiger partial charge in [-0.3, -0.25) is 19.3 Å². The van der Waals surface area contributed by atoms with Gasteiger partial charge in [-0.2, -0.15) is 0 Å². The highest BCUT2D eigenvalue weighted by Crippen LogP contribution is 2.31. The summed E-state index contributed by atoms with van der Waals surface area (Å²) in [4.78, 5) is 38.5. The van der Waals surface area contributed by atoms with Crippen LogP contribution in [0.15, 0.2) is 0 Å². The van der Waals surface area contributed by atoms with Crippen LogP contribution in [0, 0.1) is 0 Å². The van der Waals surface area contributed by atoms with Crippen molar-refractivity contribution in [1.29, 1.82) is 0 Å². The van der Waals surface area contributed by atoms with Crippen molar-refractivity contribution in [2.45, 2.75) is 50.2 Å². The van der Waals surface area contributed by atoms with Crippen LogP contribution in [0.3, 0.4) is 0 Å². The van der Waals surface area contributed by atoms with E-state index in [1.165, 1.54) is 4.90 Å². The molecule has 0 spiro atoms. The van der Waals surface area contributed by atoms with Crippen LogP contribution in [-0.4, -0.2) is 59.2 Å². The molecule has 1 aliphatic carbocycles. The van der Waals surface area contributed by atoms with Crippen molar-refractivity contribution in [2.75, 3.05) is 13.6 Å². The van der Waals surface area contributed by atoms with Crippen molar-refractivity contribution in [3.8, 4) is 0 Å². The van der Waals surface area contributed by atoms with E-state index < -0.39 is 0 Å². The summed E-state index contributed by atoms with van der Waals surface area (Å²) in [7, 11) is 1.77. The first-order valence-corrected chi connectivity index (χ1v) is 6.92. The lowest BCUT2D eigenvalue weighted by Gasteiger charge is -2.31. The fourth-order valence-corrected chi connectivity index (χ4v) is 2.93. The molecule has 3 aliphatic rings. The lowest BCUT2D eigenvalue weighted by atomic mass is 10.0. The van der Waals surface area contributed by atoms with Gasteiger partial charge in [0.1, 0.15) is 0 Å². The highest BCUT2D eigenvalue weighted by atomic mass is 16.2. The summed E-state index contributed by atoms with van der Waals surface area (Å²) in [5.74, 6) is 0.0174. The number of imide groups is 1. The maximum atomic E-state index is 12.2. The molecular weight excluding hydrogens is 246 g/mol. The molecule has 0 aromatic carbocycles. The van der Waals surface area contributed by atoms with Gasteiger partial charge in [0.15, 0.2) is 0 Å². The van der Waals surface area contributed by atoms with Crippen LogP contribution in [0.5, 0.6) is 0 Å². The second-order valence-corrected chi connectivity index (χ2v) is 5.77. The predicted molar refractivity (Wildman–Crippen MR) is 67.1 cm³/mol. The first-order valence-electron chi connectivity index (χ1n) is 6.92. The molecule has 6 nitrogen and oxygen atoms in total. The Hall–Kier alpha value is -1.43. The van der Waals surface area contributed by atoms with Crippen LogP contribution in [0.1, 0.15) is 32.1 Å². The fourth-order valence-electron chi connectivity index (χ4n) is 2.93. The molecule has 3 fully saturated rings. The Labute approximate surface area is 112 Å². The fraction of sp³-hybridized carbons (Fsp3) is 0.769. The maximum absolute atomic E-state index is 12.2. The van der Waals surface area contributed by atoms with E-state index in [0.29, 0.717) is 13.0 Å². The van der Waals surface area contributed by atoms with Crippen LogP contribution in [0.4, 0.5) is 0 Å². The molecule has 0 radical (unpaired) electrons. The van der Waals surface area contributed by atoms with E-state index in [4.69, 9.17) is 0 Å². The zero-order chi connectivity index (χ0) is 13.6. The second-order valence-electron chi connectivity index (χ2n) is 5.77. The number of carbonyl (C=O) groups excluding carboxylic acids is 3. The number of amides is 3. The third kappa shape index (κ3) is 2.36. The normalized spacial score (nSPS) is 32.4. The van der Waals surface area contributed by atoms with Gasteiger partial charge in [0, 0.05) is 32.1 Å².